The van der Waals surface area contributed by atoms with Gasteiger partial charge in [0.15, 0.2) is 5.69 Å². The molecule has 1 N–H and O–H groups in total. The van der Waals surface area contributed by atoms with Gasteiger partial charge in [-0.25, -0.2) is 0 Å². The van der Waals surface area contributed by atoms with E-state index in [-0.39, 0.29) is 11.9 Å². The first-order chi connectivity index (χ1) is 8.22. The lowest BCUT2D eigenvalue weighted by Gasteiger charge is -2.44. The van der Waals surface area contributed by atoms with Gasteiger partial charge in [-0.05, 0) is 38.8 Å². The Kier molecular flexibility index (Phi) is 2.63. The number of amides is 1. The van der Waals surface area contributed by atoms with Gasteiger partial charge >= 0.3 is 0 Å². The molecule has 1 atom stereocenters. The smallest absolute Gasteiger partial charge is 0.273 e. The highest BCUT2D eigenvalue weighted by molar-refractivity contribution is 5.92. The molecule has 0 spiro atoms. The number of carbonyl (C=O) groups is 1. The SMILES string of the molecule is Cc1cc(C(=O)NC2CN3CCC2CC3)no1. The quantitative estimate of drug-likeness (QED) is 0.824. The summed E-state index contributed by atoms with van der Waals surface area (Å²) >= 11 is 0. The van der Waals surface area contributed by atoms with E-state index in [0.29, 0.717) is 17.4 Å². The summed E-state index contributed by atoms with van der Waals surface area (Å²) in [6.07, 6.45) is 2.39. The molecular formula is C12H17N3O2. The normalized spacial score (nSPS) is 31.5. The minimum absolute atomic E-state index is 0.111. The predicted octanol–water partition coefficient (Wildman–Crippen LogP) is 0.807. The Balaban J connectivity index is 1.65. The lowest BCUT2D eigenvalue weighted by Crippen LogP contribution is -2.57. The maximum atomic E-state index is 12.0. The van der Waals surface area contributed by atoms with Gasteiger partial charge in [0.05, 0.1) is 0 Å². The summed E-state index contributed by atoms with van der Waals surface area (Å²) < 4.78 is 4.92. The molecule has 0 saturated carbocycles. The van der Waals surface area contributed by atoms with Crippen molar-refractivity contribution in [2.24, 2.45) is 5.92 Å². The van der Waals surface area contributed by atoms with Crippen LogP contribution in [0.25, 0.3) is 0 Å². The zero-order valence-electron chi connectivity index (χ0n) is 9.98. The van der Waals surface area contributed by atoms with Gasteiger partial charge in [-0.1, -0.05) is 5.16 Å². The van der Waals surface area contributed by atoms with Gasteiger partial charge < -0.3 is 14.7 Å². The summed E-state index contributed by atoms with van der Waals surface area (Å²) in [5.74, 6) is 1.20. The lowest BCUT2D eigenvalue weighted by atomic mass is 9.84. The number of fused-ring (bicyclic) bond motifs is 3. The van der Waals surface area contributed by atoms with Gasteiger partial charge in [0, 0.05) is 18.7 Å². The Morgan fingerprint density at radius 3 is 2.82 bits per heavy atom. The highest BCUT2D eigenvalue weighted by Crippen LogP contribution is 2.27. The van der Waals surface area contributed by atoms with Gasteiger partial charge in [0.2, 0.25) is 0 Å². The van der Waals surface area contributed by atoms with Crippen molar-refractivity contribution in [2.75, 3.05) is 19.6 Å². The topological polar surface area (TPSA) is 58.4 Å². The molecule has 1 unspecified atom stereocenters. The maximum Gasteiger partial charge on any atom is 0.273 e. The minimum Gasteiger partial charge on any atom is -0.361 e. The van der Waals surface area contributed by atoms with Crippen molar-refractivity contribution in [2.45, 2.75) is 25.8 Å². The molecule has 17 heavy (non-hydrogen) atoms. The Morgan fingerprint density at radius 1 is 1.53 bits per heavy atom. The molecule has 1 aromatic rings. The van der Waals surface area contributed by atoms with Crippen LogP contribution in [0.3, 0.4) is 0 Å². The molecular weight excluding hydrogens is 218 g/mol. The molecule has 3 saturated heterocycles. The van der Waals surface area contributed by atoms with Crippen LogP contribution in [0.2, 0.25) is 0 Å². The van der Waals surface area contributed by atoms with Crippen LogP contribution in [0.15, 0.2) is 10.6 Å². The Hall–Kier alpha value is -1.36. The number of piperidine rings is 3. The lowest BCUT2D eigenvalue weighted by molar-refractivity contribution is 0.0616. The van der Waals surface area contributed by atoms with Crippen molar-refractivity contribution in [3.05, 3.63) is 17.5 Å². The molecule has 3 fully saturated rings. The number of hydrogen-bond donors (Lipinski definition) is 1. The van der Waals surface area contributed by atoms with Gasteiger partial charge in [0.25, 0.3) is 5.91 Å². The van der Waals surface area contributed by atoms with E-state index in [0.717, 1.165) is 6.54 Å². The Labute approximate surface area is 100 Å². The number of carbonyl (C=O) groups excluding carboxylic acids is 1. The fourth-order valence-electron chi connectivity index (χ4n) is 2.84. The highest BCUT2D eigenvalue weighted by atomic mass is 16.5. The first-order valence-corrected chi connectivity index (χ1v) is 6.19. The first kappa shape index (κ1) is 10.8. The molecule has 1 amide bonds. The molecule has 0 radical (unpaired) electrons. The molecule has 5 nitrogen and oxygen atoms in total. The molecule has 2 bridgehead atoms. The monoisotopic (exact) mass is 235 g/mol. The van der Waals surface area contributed by atoms with E-state index >= 15 is 0 Å². The number of nitrogens with one attached hydrogen (secondary N) is 1. The summed E-state index contributed by atoms with van der Waals surface area (Å²) in [4.78, 5) is 14.4. The third-order valence-corrected chi connectivity index (χ3v) is 3.83. The van der Waals surface area contributed by atoms with Crippen molar-refractivity contribution in [3.8, 4) is 0 Å². The fourth-order valence-corrected chi connectivity index (χ4v) is 2.84. The molecule has 3 aliphatic heterocycles. The highest BCUT2D eigenvalue weighted by Gasteiger charge is 2.35. The van der Waals surface area contributed by atoms with Crippen LogP contribution < -0.4 is 5.32 Å². The van der Waals surface area contributed by atoms with Gasteiger partial charge in [0.1, 0.15) is 5.76 Å². The molecule has 4 rings (SSSR count). The van der Waals surface area contributed by atoms with Crippen molar-refractivity contribution < 1.29 is 9.32 Å². The summed E-state index contributed by atoms with van der Waals surface area (Å²) in [6.45, 7) is 5.13. The summed E-state index contributed by atoms with van der Waals surface area (Å²) in [5.41, 5.74) is 0.388. The third-order valence-electron chi connectivity index (χ3n) is 3.83. The number of nitrogens with zero attached hydrogens (tertiary/aromatic N) is 2. The summed E-state index contributed by atoms with van der Waals surface area (Å²) in [6, 6.07) is 1.96. The molecule has 92 valence electrons. The van der Waals surface area contributed by atoms with Crippen molar-refractivity contribution in [3.63, 3.8) is 0 Å². The van der Waals surface area contributed by atoms with E-state index in [9.17, 15) is 4.79 Å². The summed E-state index contributed by atoms with van der Waals surface area (Å²) in [5, 5.41) is 6.82. The van der Waals surface area contributed by atoms with Crippen LogP contribution >= 0.6 is 0 Å². The molecule has 1 aromatic heterocycles. The standard InChI is InChI=1S/C12H17N3O2/c1-8-6-10(14-17-8)12(16)13-11-7-15-4-2-9(11)3-5-15/h6,9,11H,2-5,7H2,1H3,(H,13,16). The van der Waals surface area contributed by atoms with E-state index in [1.165, 1.54) is 25.9 Å². The van der Waals surface area contributed by atoms with Crippen LogP contribution in [0.1, 0.15) is 29.1 Å². The molecule has 5 heteroatoms. The van der Waals surface area contributed by atoms with Gasteiger partial charge in [-0.15, -0.1) is 0 Å². The van der Waals surface area contributed by atoms with Crippen LogP contribution in [0.4, 0.5) is 0 Å². The second kappa shape index (κ2) is 4.14. The number of hydrogen-bond acceptors (Lipinski definition) is 4. The van der Waals surface area contributed by atoms with Gasteiger partial charge in [-0.2, -0.15) is 0 Å². The van der Waals surface area contributed by atoms with Crippen LogP contribution in [0, 0.1) is 12.8 Å². The van der Waals surface area contributed by atoms with Crippen molar-refractivity contribution in [1.29, 1.82) is 0 Å². The van der Waals surface area contributed by atoms with E-state index in [1.54, 1.807) is 13.0 Å². The predicted molar refractivity (Wildman–Crippen MR) is 61.7 cm³/mol. The first-order valence-electron chi connectivity index (χ1n) is 6.19. The maximum absolute atomic E-state index is 12.0. The second-order valence-electron chi connectivity index (χ2n) is 5.04. The second-order valence-corrected chi connectivity index (χ2v) is 5.04. The minimum atomic E-state index is -0.111. The molecule has 0 aliphatic carbocycles. The zero-order chi connectivity index (χ0) is 11.8. The number of rotatable bonds is 2. The molecule has 4 heterocycles. The van der Waals surface area contributed by atoms with Crippen LogP contribution in [-0.4, -0.2) is 41.6 Å². The number of aromatic nitrogens is 1. The fraction of sp³-hybridized carbons (Fsp3) is 0.667. The van der Waals surface area contributed by atoms with E-state index in [4.69, 9.17) is 4.52 Å². The molecule has 0 aromatic carbocycles. The Bertz CT molecular complexity index is 421. The number of aryl methyl sites for hydroxylation is 1. The van der Waals surface area contributed by atoms with Crippen molar-refractivity contribution in [1.82, 2.24) is 15.4 Å². The van der Waals surface area contributed by atoms with Crippen LogP contribution in [-0.2, 0) is 0 Å². The third kappa shape index (κ3) is 2.07. The largest absolute Gasteiger partial charge is 0.361 e. The van der Waals surface area contributed by atoms with Gasteiger partial charge in [-0.3, -0.25) is 4.79 Å². The van der Waals surface area contributed by atoms with E-state index in [2.05, 4.69) is 15.4 Å². The Morgan fingerprint density at radius 2 is 2.29 bits per heavy atom. The van der Waals surface area contributed by atoms with E-state index in [1.807, 2.05) is 0 Å². The average molecular weight is 235 g/mol. The average Bonchev–Trinajstić information content (AvgIpc) is 2.77. The van der Waals surface area contributed by atoms with Crippen molar-refractivity contribution >= 4 is 5.91 Å². The summed E-state index contributed by atoms with van der Waals surface area (Å²) in [7, 11) is 0. The van der Waals surface area contributed by atoms with E-state index < -0.39 is 0 Å². The van der Waals surface area contributed by atoms with Crippen LogP contribution in [0.5, 0.6) is 0 Å². The molecule has 3 aliphatic rings. The zero-order valence-corrected chi connectivity index (χ0v) is 9.98.